The van der Waals surface area contributed by atoms with Gasteiger partial charge in [-0.25, -0.2) is 0 Å². The van der Waals surface area contributed by atoms with E-state index in [1.807, 2.05) is 25.8 Å². The van der Waals surface area contributed by atoms with Crippen molar-refractivity contribution in [2.24, 2.45) is 0 Å². The van der Waals surface area contributed by atoms with Gasteiger partial charge < -0.3 is 47.2 Å². The Bertz CT molecular complexity index is 1100. The zero-order chi connectivity index (χ0) is 25.8. The predicted octanol–water partition coefficient (Wildman–Crippen LogP) is -0.925. The Morgan fingerprint density at radius 2 is 1.33 bits per heavy atom. The number of benzene rings is 2. The van der Waals surface area contributed by atoms with Crippen molar-refractivity contribution >= 4 is 23.2 Å². The molecule has 198 valence electrons. The fourth-order valence-corrected chi connectivity index (χ4v) is 4.22. The Morgan fingerprint density at radius 1 is 0.889 bits per heavy atom. The molecule has 0 aliphatic carbocycles. The van der Waals surface area contributed by atoms with Crippen LogP contribution < -0.4 is 32.5 Å². The minimum absolute atomic E-state index is 0. The largest absolute Gasteiger partial charge is 1.00 e. The maximum atomic E-state index is 12.7. The summed E-state index contributed by atoms with van der Waals surface area (Å²) in [6.45, 7) is 6.71. The second-order valence-electron chi connectivity index (χ2n) is 9.28. The summed E-state index contributed by atoms with van der Waals surface area (Å²) in [5, 5.41) is 25.8. The monoisotopic (exact) mass is 522 g/mol. The van der Waals surface area contributed by atoms with E-state index in [2.05, 4.69) is 10.6 Å². The van der Waals surface area contributed by atoms with Crippen LogP contribution in [0.15, 0.2) is 24.3 Å². The molecule has 0 atom stereocenters. The molecule has 3 rings (SSSR count). The number of nitrogens with zero attached hydrogens (tertiary/aromatic N) is 2. The number of amides is 2. The standard InChI is InChI=1S/C25H34N4O6.ClH/c1-16-10-20(30)18(12-22(16)34-4)26-24(32)14-28-6-8-29(3,9-7-28)15-25(33)27-19-13-23(35-5)17(2)11-21(19)31;/h10-13H,6-9,14-15H2,1-5H3,(H3-,26,27,30,31,32,33);1H. The molecule has 2 aromatic rings. The van der Waals surface area contributed by atoms with E-state index in [4.69, 9.17) is 9.47 Å². The second kappa shape index (κ2) is 12.2. The maximum absolute atomic E-state index is 12.7. The van der Waals surface area contributed by atoms with Crippen LogP contribution in [0.25, 0.3) is 0 Å². The molecule has 2 amide bonds. The number of halogens is 1. The number of phenolic OH excluding ortho intramolecular Hbond substituents is 2. The number of phenols is 2. The van der Waals surface area contributed by atoms with Gasteiger partial charge in [0.15, 0.2) is 6.54 Å². The molecular weight excluding hydrogens is 488 g/mol. The summed E-state index contributed by atoms with van der Waals surface area (Å²) in [5.41, 5.74) is 2.17. The van der Waals surface area contributed by atoms with Crippen molar-refractivity contribution in [3.05, 3.63) is 35.4 Å². The Kier molecular flexibility index (Phi) is 9.80. The Labute approximate surface area is 217 Å². The van der Waals surface area contributed by atoms with Gasteiger partial charge in [0.25, 0.3) is 5.91 Å². The van der Waals surface area contributed by atoms with Gasteiger partial charge >= 0.3 is 0 Å². The van der Waals surface area contributed by atoms with E-state index >= 15 is 0 Å². The normalized spacial score (nSPS) is 14.9. The Hall–Kier alpha value is -3.21. The van der Waals surface area contributed by atoms with E-state index in [1.54, 1.807) is 24.3 Å². The average molecular weight is 523 g/mol. The van der Waals surface area contributed by atoms with Crippen molar-refractivity contribution < 1.29 is 46.2 Å². The molecule has 1 aliphatic rings. The van der Waals surface area contributed by atoms with E-state index in [0.29, 0.717) is 53.5 Å². The molecule has 1 saturated heterocycles. The lowest BCUT2D eigenvalue weighted by Gasteiger charge is -2.41. The molecule has 0 aromatic heterocycles. The van der Waals surface area contributed by atoms with E-state index in [9.17, 15) is 19.8 Å². The minimum Gasteiger partial charge on any atom is -1.00 e. The molecule has 10 nitrogen and oxygen atoms in total. The van der Waals surface area contributed by atoms with E-state index in [1.165, 1.54) is 14.2 Å². The third-order valence-electron chi connectivity index (χ3n) is 6.38. The highest BCUT2D eigenvalue weighted by Crippen LogP contribution is 2.32. The SMILES string of the molecule is COc1cc(NC(=O)CN2CC[N+](C)(CC(=O)Nc3cc(OC)c(C)cc3O)CC2)c(O)cc1C.[Cl-]. The summed E-state index contributed by atoms with van der Waals surface area (Å²) in [4.78, 5) is 27.3. The van der Waals surface area contributed by atoms with Crippen molar-refractivity contribution in [1.29, 1.82) is 0 Å². The first-order valence-electron chi connectivity index (χ1n) is 11.4. The third-order valence-corrected chi connectivity index (χ3v) is 6.38. The summed E-state index contributed by atoms with van der Waals surface area (Å²) >= 11 is 0. The van der Waals surface area contributed by atoms with Gasteiger partial charge in [-0.15, -0.1) is 0 Å². The topological polar surface area (TPSA) is 120 Å². The summed E-state index contributed by atoms with van der Waals surface area (Å²) < 4.78 is 11.0. The molecule has 1 aliphatic heterocycles. The summed E-state index contributed by atoms with van der Waals surface area (Å²) in [7, 11) is 5.08. The fourth-order valence-electron chi connectivity index (χ4n) is 4.22. The Balaban J connectivity index is 0.00000456. The number of carbonyl (C=O) groups excluding carboxylic acids is 2. The summed E-state index contributed by atoms with van der Waals surface area (Å²) in [6, 6.07) is 6.32. The number of hydrogen-bond donors (Lipinski definition) is 4. The van der Waals surface area contributed by atoms with Crippen LogP contribution in [-0.4, -0.2) is 91.9 Å². The molecule has 0 bridgehead atoms. The lowest BCUT2D eigenvalue weighted by molar-refractivity contribution is -0.905. The molecule has 0 saturated carbocycles. The van der Waals surface area contributed by atoms with E-state index in [0.717, 1.165) is 11.1 Å². The number of methoxy groups -OCH3 is 2. The van der Waals surface area contributed by atoms with Crippen molar-refractivity contribution in [2.75, 3.05) is 71.2 Å². The summed E-state index contributed by atoms with van der Waals surface area (Å²) in [5.74, 6) is 0.713. The van der Waals surface area contributed by atoms with Crippen molar-refractivity contribution in [3.8, 4) is 23.0 Å². The molecule has 2 aromatic carbocycles. The first kappa shape index (κ1) is 29.0. The zero-order valence-corrected chi connectivity index (χ0v) is 22.1. The van der Waals surface area contributed by atoms with E-state index < -0.39 is 0 Å². The third kappa shape index (κ3) is 7.16. The van der Waals surface area contributed by atoms with Gasteiger partial charge in [0, 0.05) is 25.2 Å². The highest BCUT2D eigenvalue weighted by molar-refractivity contribution is 5.94. The second-order valence-corrected chi connectivity index (χ2v) is 9.28. The van der Waals surface area contributed by atoms with Gasteiger partial charge in [0.1, 0.15) is 23.0 Å². The average Bonchev–Trinajstić information content (AvgIpc) is 2.79. The van der Waals surface area contributed by atoms with Gasteiger partial charge in [-0.2, -0.15) is 0 Å². The zero-order valence-electron chi connectivity index (χ0n) is 21.4. The van der Waals surface area contributed by atoms with Crippen LogP contribution in [0.4, 0.5) is 11.4 Å². The lowest BCUT2D eigenvalue weighted by atomic mass is 10.1. The molecule has 36 heavy (non-hydrogen) atoms. The van der Waals surface area contributed by atoms with Gasteiger partial charge in [0.2, 0.25) is 5.91 Å². The quantitative estimate of drug-likeness (QED) is 0.261. The van der Waals surface area contributed by atoms with Crippen LogP contribution in [0, 0.1) is 13.8 Å². The molecule has 0 radical (unpaired) electrons. The minimum atomic E-state index is -0.233. The Morgan fingerprint density at radius 3 is 1.78 bits per heavy atom. The molecule has 0 unspecified atom stereocenters. The lowest BCUT2D eigenvalue weighted by Crippen LogP contribution is -3.00. The van der Waals surface area contributed by atoms with Gasteiger partial charge in [-0.3, -0.25) is 14.5 Å². The molecule has 1 heterocycles. The smallest absolute Gasteiger partial charge is 0.279 e. The van der Waals surface area contributed by atoms with Gasteiger partial charge in [-0.05, 0) is 37.1 Å². The van der Waals surface area contributed by atoms with Crippen molar-refractivity contribution in [1.82, 2.24) is 4.90 Å². The van der Waals surface area contributed by atoms with Gasteiger partial charge in [-0.1, -0.05) is 0 Å². The van der Waals surface area contributed by atoms with Crippen LogP contribution in [-0.2, 0) is 9.59 Å². The molecule has 1 fully saturated rings. The molecule has 4 N–H and O–H groups in total. The molecule has 11 heteroatoms. The van der Waals surface area contributed by atoms with Crippen LogP contribution >= 0.6 is 0 Å². The number of carbonyl (C=O) groups is 2. The number of quaternary nitrogens is 1. The number of hydrogen-bond acceptors (Lipinski definition) is 7. The first-order valence-corrected chi connectivity index (χ1v) is 11.4. The number of anilines is 2. The number of nitrogens with one attached hydrogen (secondary N) is 2. The highest BCUT2D eigenvalue weighted by Gasteiger charge is 2.32. The van der Waals surface area contributed by atoms with Crippen LogP contribution in [0.5, 0.6) is 23.0 Å². The molecule has 0 spiro atoms. The van der Waals surface area contributed by atoms with Crippen LogP contribution in [0.2, 0.25) is 0 Å². The van der Waals surface area contributed by atoms with Crippen molar-refractivity contribution in [2.45, 2.75) is 13.8 Å². The highest BCUT2D eigenvalue weighted by atomic mass is 35.5. The number of aromatic hydroxyl groups is 2. The fraction of sp³-hybridized carbons (Fsp3) is 0.440. The summed E-state index contributed by atoms with van der Waals surface area (Å²) in [6.07, 6.45) is 0. The van der Waals surface area contributed by atoms with Gasteiger partial charge in [0.05, 0.1) is 52.3 Å². The van der Waals surface area contributed by atoms with E-state index in [-0.39, 0.29) is 48.8 Å². The van der Waals surface area contributed by atoms with Crippen LogP contribution in [0.3, 0.4) is 0 Å². The number of piperazine rings is 1. The first-order chi connectivity index (χ1) is 16.5. The van der Waals surface area contributed by atoms with Crippen molar-refractivity contribution in [3.63, 3.8) is 0 Å². The molecular formula is C25H35ClN4O6. The predicted molar refractivity (Wildman–Crippen MR) is 133 cm³/mol. The number of aryl methyl sites for hydroxylation is 2. The number of ether oxygens (including phenoxy) is 2. The number of likely N-dealkylation sites (N-methyl/N-ethyl adjacent to an activating group) is 1. The maximum Gasteiger partial charge on any atom is 0.279 e. The number of rotatable bonds is 8. The van der Waals surface area contributed by atoms with Crippen LogP contribution in [0.1, 0.15) is 11.1 Å².